The maximum absolute atomic E-state index is 12.6. The summed E-state index contributed by atoms with van der Waals surface area (Å²) in [6.45, 7) is 3.73. The van der Waals surface area contributed by atoms with Gasteiger partial charge in [0.2, 0.25) is 0 Å². The fourth-order valence-electron chi connectivity index (χ4n) is 6.61. The fraction of sp³-hybridized carbons (Fsp3) is 0.870. The van der Waals surface area contributed by atoms with Crippen LogP contribution in [0.1, 0.15) is 226 Å². The first-order valence-corrected chi connectivity index (χ1v) is 24.8. The van der Waals surface area contributed by atoms with Crippen LogP contribution in [-0.4, -0.2) is 49.3 Å². The number of hydrogen-bond acceptors (Lipinski definition) is 8. The van der Waals surface area contributed by atoms with Crippen molar-refractivity contribution in [1.29, 1.82) is 0 Å². The number of carbonyl (C=O) groups is 2. The van der Waals surface area contributed by atoms with Gasteiger partial charge in [-0.1, -0.05) is 192 Å². The highest BCUT2D eigenvalue weighted by molar-refractivity contribution is 7.47. The summed E-state index contributed by atoms with van der Waals surface area (Å²) in [6.07, 6.45) is 46.3. The van der Waals surface area contributed by atoms with Crippen molar-refractivity contribution < 1.29 is 37.6 Å². The van der Waals surface area contributed by atoms with E-state index in [1.165, 1.54) is 141 Å². The molecule has 0 amide bonds. The molecule has 0 fully saturated rings. The van der Waals surface area contributed by atoms with Crippen molar-refractivity contribution in [2.75, 3.05) is 26.4 Å². The van der Waals surface area contributed by atoms with Crippen molar-refractivity contribution in [3.63, 3.8) is 0 Å². The van der Waals surface area contributed by atoms with Crippen LogP contribution in [0.5, 0.6) is 0 Å². The smallest absolute Gasteiger partial charge is 0.462 e. The quantitative estimate of drug-likeness (QED) is 0.0267. The zero-order valence-electron chi connectivity index (χ0n) is 36.4. The fourth-order valence-corrected chi connectivity index (χ4v) is 7.37. The number of carbonyl (C=O) groups excluding carboxylic acids is 2. The van der Waals surface area contributed by atoms with Gasteiger partial charge in [0, 0.05) is 19.4 Å². The number of phosphoric ester groups is 1. The highest BCUT2D eigenvalue weighted by Crippen LogP contribution is 2.43. The zero-order valence-corrected chi connectivity index (χ0v) is 37.3. The van der Waals surface area contributed by atoms with Crippen LogP contribution in [-0.2, 0) is 32.7 Å². The standard InChI is InChI=1S/C46H88NO8P/c1-3-5-7-9-11-13-15-17-19-21-23-24-26-28-30-32-34-36-38-45(48)52-42-44(43-54-56(50,51)53-41-40-47)55-46(49)39-37-35-33-31-29-27-25-22-20-18-16-14-12-10-8-6-4-2/h12,14,18,20,44H,3-11,13,15-17,19,21-43,47H2,1-2H3,(H,50,51)/b14-12+,20-18+/t44-/m1/s1. The van der Waals surface area contributed by atoms with E-state index < -0.39 is 26.5 Å². The first-order valence-electron chi connectivity index (χ1n) is 23.3. The molecule has 0 heterocycles. The molecule has 1 unspecified atom stereocenters. The second-order valence-electron chi connectivity index (χ2n) is 15.6. The van der Waals surface area contributed by atoms with E-state index in [-0.39, 0.29) is 38.6 Å². The first kappa shape index (κ1) is 54.5. The molecule has 330 valence electrons. The molecule has 0 aromatic rings. The molecule has 10 heteroatoms. The van der Waals surface area contributed by atoms with Crippen molar-refractivity contribution in [3.05, 3.63) is 24.3 Å². The maximum atomic E-state index is 12.6. The molecule has 0 saturated heterocycles. The van der Waals surface area contributed by atoms with Crippen molar-refractivity contribution in [2.45, 2.75) is 232 Å². The van der Waals surface area contributed by atoms with E-state index >= 15 is 0 Å². The minimum atomic E-state index is -4.38. The predicted octanol–water partition coefficient (Wildman–Crippen LogP) is 13.6. The van der Waals surface area contributed by atoms with Crippen LogP contribution >= 0.6 is 7.82 Å². The Hall–Kier alpha value is -1.51. The van der Waals surface area contributed by atoms with Crippen LogP contribution in [0.3, 0.4) is 0 Å². The molecule has 0 aromatic carbocycles. The molecule has 3 N–H and O–H groups in total. The summed E-state index contributed by atoms with van der Waals surface area (Å²) >= 11 is 0. The monoisotopic (exact) mass is 814 g/mol. The lowest BCUT2D eigenvalue weighted by Crippen LogP contribution is -2.29. The molecular weight excluding hydrogens is 725 g/mol. The van der Waals surface area contributed by atoms with Gasteiger partial charge >= 0.3 is 19.8 Å². The Morgan fingerprint density at radius 3 is 1.39 bits per heavy atom. The van der Waals surface area contributed by atoms with Gasteiger partial charge in [-0.2, -0.15) is 0 Å². The molecule has 0 aliphatic carbocycles. The predicted molar refractivity (Wildman–Crippen MR) is 234 cm³/mol. The Morgan fingerprint density at radius 2 is 0.929 bits per heavy atom. The van der Waals surface area contributed by atoms with Gasteiger partial charge in [0.15, 0.2) is 6.10 Å². The third-order valence-corrected chi connectivity index (χ3v) is 11.1. The summed E-state index contributed by atoms with van der Waals surface area (Å²) in [5.74, 6) is -0.827. The molecule has 0 aliphatic heterocycles. The summed E-state index contributed by atoms with van der Waals surface area (Å²) in [5.41, 5.74) is 5.35. The second kappa shape index (κ2) is 43.1. The molecule has 0 spiro atoms. The maximum Gasteiger partial charge on any atom is 0.472 e. The Morgan fingerprint density at radius 1 is 0.536 bits per heavy atom. The van der Waals surface area contributed by atoms with Gasteiger partial charge in [-0.3, -0.25) is 18.6 Å². The van der Waals surface area contributed by atoms with Gasteiger partial charge in [0.25, 0.3) is 0 Å². The van der Waals surface area contributed by atoms with Crippen LogP contribution in [0, 0.1) is 0 Å². The van der Waals surface area contributed by atoms with E-state index in [2.05, 4.69) is 38.2 Å². The number of nitrogens with two attached hydrogens (primary N) is 1. The minimum absolute atomic E-state index is 0.0537. The number of unbranched alkanes of at least 4 members (excludes halogenated alkanes) is 27. The normalized spacial score (nSPS) is 13.4. The topological polar surface area (TPSA) is 134 Å². The number of ether oxygens (including phenoxy) is 2. The van der Waals surface area contributed by atoms with E-state index in [1.807, 2.05) is 0 Å². The van der Waals surface area contributed by atoms with Crippen LogP contribution in [0.15, 0.2) is 24.3 Å². The summed E-state index contributed by atoms with van der Waals surface area (Å²) in [6, 6.07) is 0. The Kier molecular flexibility index (Phi) is 41.9. The number of esters is 2. The van der Waals surface area contributed by atoms with E-state index in [0.29, 0.717) is 6.42 Å². The van der Waals surface area contributed by atoms with E-state index in [0.717, 1.165) is 51.4 Å². The molecule has 9 nitrogen and oxygen atoms in total. The van der Waals surface area contributed by atoms with Crippen molar-refractivity contribution >= 4 is 19.8 Å². The van der Waals surface area contributed by atoms with Crippen molar-refractivity contribution in [3.8, 4) is 0 Å². The SMILES string of the molecule is CCCCC/C=C/C/C=C/CCCCCCCCCC(=O)O[C@H](COC(=O)CCCCCCCCCCCCCCCCCCCC)COP(=O)(O)OCCN. The van der Waals surface area contributed by atoms with Crippen molar-refractivity contribution in [1.82, 2.24) is 0 Å². The number of hydrogen-bond donors (Lipinski definition) is 2. The Balaban J connectivity index is 4.09. The number of allylic oxidation sites excluding steroid dienone is 4. The number of rotatable bonds is 44. The van der Waals surface area contributed by atoms with Crippen LogP contribution in [0.4, 0.5) is 0 Å². The third-order valence-electron chi connectivity index (χ3n) is 10.1. The molecule has 0 aliphatic rings. The summed E-state index contributed by atoms with van der Waals surface area (Å²) in [7, 11) is -4.38. The third kappa shape index (κ3) is 42.1. The van der Waals surface area contributed by atoms with E-state index in [4.69, 9.17) is 24.3 Å². The molecule has 2 atom stereocenters. The van der Waals surface area contributed by atoms with Gasteiger partial charge in [0.1, 0.15) is 6.61 Å². The lowest BCUT2D eigenvalue weighted by atomic mass is 10.0. The first-order chi connectivity index (χ1) is 27.3. The molecule has 0 radical (unpaired) electrons. The van der Waals surface area contributed by atoms with Gasteiger partial charge in [0.05, 0.1) is 13.2 Å². The molecule has 0 rings (SSSR count). The molecule has 0 bridgehead atoms. The molecule has 56 heavy (non-hydrogen) atoms. The van der Waals surface area contributed by atoms with Crippen LogP contribution in [0.2, 0.25) is 0 Å². The highest BCUT2D eigenvalue weighted by atomic mass is 31.2. The lowest BCUT2D eigenvalue weighted by Gasteiger charge is -2.19. The van der Waals surface area contributed by atoms with Gasteiger partial charge in [-0.15, -0.1) is 0 Å². The molecule has 0 aromatic heterocycles. The zero-order chi connectivity index (χ0) is 41.1. The van der Waals surface area contributed by atoms with Crippen LogP contribution in [0.25, 0.3) is 0 Å². The highest BCUT2D eigenvalue weighted by Gasteiger charge is 2.26. The summed E-state index contributed by atoms with van der Waals surface area (Å²) in [4.78, 5) is 34.9. The van der Waals surface area contributed by atoms with Crippen molar-refractivity contribution in [2.24, 2.45) is 5.73 Å². The molecular formula is C46H88NO8P. The largest absolute Gasteiger partial charge is 0.472 e. The molecule has 0 saturated carbocycles. The van der Waals surface area contributed by atoms with Gasteiger partial charge in [-0.25, -0.2) is 4.57 Å². The van der Waals surface area contributed by atoms with E-state index in [9.17, 15) is 19.0 Å². The van der Waals surface area contributed by atoms with E-state index in [1.54, 1.807) is 0 Å². The summed E-state index contributed by atoms with van der Waals surface area (Å²) < 4.78 is 32.8. The number of phosphoric acid groups is 1. The van der Waals surface area contributed by atoms with Gasteiger partial charge < -0.3 is 20.1 Å². The minimum Gasteiger partial charge on any atom is -0.462 e. The average molecular weight is 814 g/mol. The average Bonchev–Trinajstić information content (AvgIpc) is 3.18. The van der Waals surface area contributed by atoms with Gasteiger partial charge in [-0.05, 0) is 44.9 Å². The Bertz CT molecular complexity index is 975. The second-order valence-corrected chi connectivity index (χ2v) is 17.1. The lowest BCUT2D eigenvalue weighted by molar-refractivity contribution is -0.161. The Labute approximate surface area is 344 Å². The summed E-state index contributed by atoms with van der Waals surface area (Å²) in [5, 5.41) is 0. The van der Waals surface area contributed by atoms with Crippen LogP contribution < -0.4 is 5.73 Å².